The van der Waals surface area contributed by atoms with Crippen molar-refractivity contribution in [3.8, 4) is 5.75 Å². The lowest BCUT2D eigenvalue weighted by molar-refractivity contribution is 0.416. The first-order valence-corrected chi connectivity index (χ1v) is 6.02. The molecular weight excluding hydrogens is 240 g/mol. The van der Waals surface area contributed by atoms with E-state index in [0.29, 0.717) is 6.54 Å². The van der Waals surface area contributed by atoms with Crippen molar-refractivity contribution in [2.45, 2.75) is 6.54 Å². The van der Waals surface area contributed by atoms with Crippen LogP contribution in [-0.2, 0) is 6.54 Å². The van der Waals surface area contributed by atoms with Gasteiger partial charge in [0.05, 0.1) is 36.7 Å². The molecule has 5 nitrogen and oxygen atoms in total. The van der Waals surface area contributed by atoms with E-state index in [-0.39, 0.29) is 0 Å². The van der Waals surface area contributed by atoms with Gasteiger partial charge < -0.3 is 10.1 Å². The van der Waals surface area contributed by atoms with Gasteiger partial charge in [-0.3, -0.25) is 0 Å². The third-order valence-corrected chi connectivity index (χ3v) is 2.97. The van der Waals surface area contributed by atoms with Crippen molar-refractivity contribution in [1.82, 2.24) is 14.6 Å². The number of benzene rings is 1. The van der Waals surface area contributed by atoms with Gasteiger partial charge in [-0.1, -0.05) is 12.1 Å². The average molecular weight is 254 g/mol. The second kappa shape index (κ2) is 4.97. The summed E-state index contributed by atoms with van der Waals surface area (Å²) >= 11 is 0. The van der Waals surface area contributed by atoms with Crippen molar-refractivity contribution >= 4 is 11.2 Å². The van der Waals surface area contributed by atoms with Crippen molar-refractivity contribution in [3.05, 3.63) is 54.6 Å². The van der Waals surface area contributed by atoms with Crippen molar-refractivity contribution < 1.29 is 4.74 Å². The molecule has 0 atom stereocenters. The van der Waals surface area contributed by atoms with E-state index in [0.717, 1.165) is 22.6 Å². The minimum Gasteiger partial charge on any atom is -0.495 e. The Morgan fingerprint density at radius 2 is 2.11 bits per heavy atom. The van der Waals surface area contributed by atoms with Crippen LogP contribution in [-0.4, -0.2) is 21.7 Å². The molecule has 2 heterocycles. The first kappa shape index (κ1) is 11.5. The van der Waals surface area contributed by atoms with Gasteiger partial charge in [0.2, 0.25) is 0 Å². The van der Waals surface area contributed by atoms with Crippen LogP contribution in [0.1, 0.15) is 5.69 Å². The summed E-state index contributed by atoms with van der Waals surface area (Å²) in [5.74, 6) is 0.831. The first-order chi connectivity index (χ1) is 9.38. The van der Waals surface area contributed by atoms with Crippen molar-refractivity contribution in [3.63, 3.8) is 0 Å². The molecule has 5 heteroatoms. The second-order valence-electron chi connectivity index (χ2n) is 4.12. The average Bonchev–Trinajstić information content (AvgIpc) is 2.89. The highest BCUT2D eigenvalue weighted by Crippen LogP contribution is 2.23. The summed E-state index contributed by atoms with van der Waals surface area (Å²) in [7, 11) is 1.67. The molecule has 96 valence electrons. The Balaban J connectivity index is 1.82. The molecule has 19 heavy (non-hydrogen) atoms. The van der Waals surface area contributed by atoms with Crippen molar-refractivity contribution in [2.24, 2.45) is 0 Å². The largest absolute Gasteiger partial charge is 0.495 e. The minimum atomic E-state index is 0.672. The van der Waals surface area contributed by atoms with E-state index in [2.05, 4.69) is 15.4 Å². The smallest absolute Gasteiger partial charge is 0.141 e. The molecule has 0 unspecified atom stereocenters. The molecule has 0 aliphatic heterocycles. The molecule has 0 bridgehead atoms. The predicted octanol–water partition coefficient (Wildman–Crippen LogP) is 2.35. The van der Waals surface area contributed by atoms with Crippen LogP contribution in [0.3, 0.4) is 0 Å². The fraction of sp³-hybridized carbons (Fsp3) is 0.143. The molecular formula is C14H14N4O. The van der Waals surface area contributed by atoms with Crippen LogP contribution in [0.2, 0.25) is 0 Å². The Morgan fingerprint density at radius 1 is 1.21 bits per heavy atom. The van der Waals surface area contributed by atoms with Crippen LogP contribution in [0.4, 0.5) is 5.69 Å². The Kier molecular flexibility index (Phi) is 3.02. The third kappa shape index (κ3) is 2.22. The zero-order valence-corrected chi connectivity index (χ0v) is 10.6. The number of fused-ring (bicyclic) bond motifs is 1. The molecule has 1 N–H and O–H groups in total. The molecule has 3 aromatic rings. The van der Waals surface area contributed by atoms with E-state index in [1.807, 2.05) is 40.9 Å². The number of rotatable bonds is 4. The molecule has 0 amide bonds. The summed E-state index contributed by atoms with van der Waals surface area (Å²) in [6, 6.07) is 11.9. The zero-order valence-electron chi connectivity index (χ0n) is 10.6. The molecule has 3 rings (SSSR count). The van der Waals surface area contributed by atoms with Gasteiger partial charge in [-0.15, -0.1) is 0 Å². The first-order valence-electron chi connectivity index (χ1n) is 6.02. The van der Waals surface area contributed by atoms with Crippen LogP contribution in [0.15, 0.2) is 48.9 Å². The number of methoxy groups -OCH3 is 1. The fourth-order valence-electron chi connectivity index (χ4n) is 2.03. The van der Waals surface area contributed by atoms with Crippen LogP contribution >= 0.6 is 0 Å². The summed E-state index contributed by atoms with van der Waals surface area (Å²) < 4.78 is 7.18. The number of anilines is 1. The number of ether oxygens (including phenoxy) is 1. The number of hydrogen-bond acceptors (Lipinski definition) is 4. The maximum absolute atomic E-state index is 5.31. The van der Waals surface area contributed by atoms with Crippen molar-refractivity contribution in [1.29, 1.82) is 0 Å². The van der Waals surface area contributed by atoms with Gasteiger partial charge >= 0.3 is 0 Å². The molecule has 0 aliphatic rings. The Labute approximate surface area is 110 Å². The van der Waals surface area contributed by atoms with Gasteiger partial charge in [0.1, 0.15) is 12.1 Å². The van der Waals surface area contributed by atoms with Gasteiger partial charge in [-0.2, -0.15) is 5.10 Å². The fourth-order valence-corrected chi connectivity index (χ4v) is 2.03. The van der Waals surface area contributed by atoms with E-state index in [1.165, 1.54) is 0 Å². The minimum absolute atomic E-state index is 0.672. The lowest BCUT2D eigenvalue weighted by Gasteiger charge is -2.10. The van der Waals surface area contributed by atoms with E-state index in [9.17, 15) is 0 Å². The van der Waals surface area contributed by atoms with Gasteiger partial charge in [0.25, 0.3) is 0 Å². The molecule has 0 spiro atoms. The number of aromatic nitrogens is 3. The third-order valence-electron chi connectivity index (χ3n) is 2.97. The quantitative estimate of drug-likeness (QED) is 0.776. The van der Waals surface area contributed by atoms with Gasteiger partial charge in [-0.05, 0) is 24.3 Å². The summed E-state index contributed by atoms with van der Waals surface area (Å²) in [6.45, 7) is 0.672. The van der Waals surface area contributed by atoms with Crippen LogP contribution in [0.5, 0.6) is 5.75 Å². The highest BCUT2D eigenvalue weighted by molar-refractivity contribution is 5.56. The molecule has 1 aromatic carbocycles. The van der Waals surface area contributed by atoms with E-state index in [4.69, 9.17) is 4.74 Å². The summed E-state index contributed by atoms with van der Waals surface area (Å²) in [5, 5.41) is 7.58. The Hall–Kier alpha value is -2.56. The zero-order chi connectivity index (χ0) is 13.1. The number of hydrogen-bond donors (Lipinski definition) is 1. The molecule has 0 aliphatic carbocycles. The summed E-state index contributed by atoms with van der Waals surface area (Å²) in [5.41, 5.74) is 3.02. The molecule has 0 saturated heterocycles. The monoisotopic (exact) mass is 254 g/mol. The van der Waals surface area contributed by atoms with Crippen LogP contribution in [0.25, 0.3) is 5.52 Å². The lowest BCUT2D eigenvalue weighted by Crippen LogP contribution is -2.05. The second-order valence-corrected chi connectivity index (χ2v) is 4.12. The number of nitrogens with zero attached hydrogens (tertiary/aromatic N) is 3. The van der Waals surface area contributed by atoms with Gasteiger partial charge in [0, 0.05) is 0 Å². The standard InChI is InChI=1S/C14H14N4O/c1-19-14-5-3-2-4-13(14)16-9-12-7-6-11-8-15-10-17-18(11)12/h2-8,10,16H,9H2,1H3. The van der Waals surface area contributed by atoms with E-state index < -0.39 is 0 Å². The number of para-hydroxylation sites is 2. The lowest BCUT2D eigenvalue weighted by atomic mass is 10.3. The SMILES string of the molecule is COc1ccccc1NCc1ccc2cncnn12. The maximum atomic E-state index is 5.31. The van der Waals surface area contributed by atoms with Gasteiger partial charge in [0.15, 0.2) is 0 Å². The normalized spacial score (nSPS) is 10.6. The number of nitrogens with one attached hydrogen (secondary N) is 1. The predicted molar refractivity (Wildman–Crippen MR) is 73.3 cm³/mol. The Bertz CT molecular complexity index is 692. The molecule has 0 saturated carbocycles. The van der Waals surface area contributed by atoms with E-state index >= 15 is 0 Å². The summed E-state index contributed by atoms with van der Waals surface area (Å²) in [6.07, 6.45) is 3.33. The molecule has 2 aromatic heterocycles. The van der Waals surface area contributed by atoms with E-state index in [1.54, 1.807) is 19.6 Å². The highest BCUT2D eigenvalue weighted by Gasteiger charge is 2.04. The van der Waals surface area contributed by atoms with Crippen molar-refractivity contribution in [2.75, 3.05) is 12.4 Å². The topological polar surface area (TPSA) is 51.5 Å². The maximum Gasteiger partial charge on any atom is 0.141 e. The van der Waals surface area contributed by atoms with Crippen LogP contribution < -0.4 is 10.1 Å². The van der Waals surface area contributed by atoms with Crippen LogP contribution in [0, 0.1) is 0 Å². The van der Waals surface area contributed by atoms with Gasteiger partial charge in [-0.25, -0.2) is 9.50 Å². The molecule has 0 radical (unpaired) electrons. The summed E-state index contributed by atoms with van der Waals surface area (Å²) in [4.78, 5) is 4.00. The highest BCUT2D eigenvalue weighted by atomic mass is 16.5. The Morgan fingerprint density at radius 3 is 3.00 bits per heavy atom. The molecule has 0 fully saturated rings.